The van der Waals surface area contributed by atoms with E-state index in [9.17, 15) is 4.79 Å². The van der Waals surface area contributed by atoms with E-state index in [1.54, 1.807) is 0 Å². The first-order valence-electron chi connectivity index (χ1n) is 7.13. The quantitative estimate of drug-likeness (QED) is 0.750. The SMILES string of the molecule is CC1(C)CNCCN1C(=O)C1C2CCCCC21. The summed E-state index contributed by atoms with van der Waals surface area (Å²) in [6, 6.07) is 0. The average Bonchev–Trinajstić information content (AvgIpc) is 3.01. The molecular formula is C14H24N2O. The van der Waals surface area contributed by atoms with E-state index in [-0.39, 0.29) is 5.54 Å². The van der Waals surface area contributed by atoms with Crippen LogP contribution in [0.4, 0.5) is 0 Å². The van der Waals surface area contributed by atoms with Gasteiger partial charge in [-0.3, -0.25) is 4.79 Å². The van der Waals surface area contributed by atoms with Gasteiger partial charge in [-0.1, -0.05) is 12.8 Å². The van der Waals surface area contributed by atoms with E-state index in [0.717, 1.165) is 31.5 Å². The Morgan fingerprint density at radius 2 is 1.88 bits per heavy atom. The van der Waals surface area contributed by atoms with Gasteiger partial charge in [0.1, 0.15) is 0 Å². The molecule has 3 heteroatoms. The number of nitrogens with zero attached hydrogens (tertiary/aromatic N) is 1. The van der Waals surface area contributed by atoms with E-state index in [4.69, 9.17) is 0 Å². The summed E-state index contributed by atoms with van der Waals surface area (Å²) in [6.45, 7) is 7.14. The zero-order chi connectivity index (χ0) is 12.0. The predicted molar refractivity (Wildman–Crippen MR) is 67.6 cm³/mol. The van der Waals surface area contributed by atoms with E-state index < -0.39 is 0 Å². The van der Waals surface area contributed by atoms with Crippen LogP contribution in [0.5, 0.6) is 0 Å². The number of piperazine rings is 1. The van der Waals surface area contributed by atoms with Crippen LogP contribution in [0.15, 0.2) is 0 Å². The first kappa shape index (κ1) is 11.5. The largest absolute Gasteiger partial charge is 0.335 e. The molecule has 3 fully saturated rings. The molecule has 0 aromatic rings. The molecule has 2 saturated carbocycles. The van der Waals surface area contributed by atoms with Gasteiger partial charge in [-0.05, 0) is 38.5 Å². The molecule has 1 aliphatic heterocycles. The number of hydrogen-bond donors (Lipinski definition) is 1. The van der Waals surface area contributed by atoms with Crippen LogP contribution in [0.2, 0.25) is 0 Å². The van der Waals surface area contributed by atoms with Gasteiger partial charge in [-0.15, -0.1) is 0 Å². The van der Waals surface area contributed by atoms with Gasteiger partial charge in [-0.25, -0.2) is 0 Å². The summed E-state index contributed by atoms with van der Waals surface area (Å²) in [5, 5.41) is 3.39. The Morgan fingerprint density at radius 1 is 1.24 bits per heavy atom. The molecule has 1 saturated heterocycles. The molecule has 0 aromatic heterocycles. The molecule has 3 nitrogen and oxygen atoms in total. The normalized spacial score (nSPS) is 39.6. The topological polar surface area (TPSA) is 32.3 Å². The Balaban J connectivity index is 1.70. The van der Waals surface area contributed by atoms with Crippen LogP contribution in [-0.2, 0) is 4.79 Å². The number of carbonyl (C=O) groups is 1. The third-order valence-electron chi connectivity index (χ3n) is 5.01. The minimum Gasteiger partial charge on any atom is -0.335 e. The summed E-state index contributed by atoms with van der Waals surface area (Å²) in [5.74, 6) is 2.31. The number of hydrogen-bond acceptors (Lipinski definition) is 2. The van der Waals surface area contributed by atoms with Gasteiger partial charge in [0.05, 0.1) is 0 Å². The molecule has 3 rings (SSSR count). The second kappa shape index (κ2) is 3.98. The van der Waals surface area contributed by atoms with Crippen molar-refractivity contribution in [2.75, 3.05) is 19.6 Å². The summed E-state index contributed by atoms with van der Waals surface area (Å²) >= 11 is 0. The van der Waals surface area contributed by atoms with Crippen molar-refractivity contribution in [1.29, 1.82) is 0 Å². The molecule has 0 aromatic carbocycles. The first-order valence-corrected chi connectivity index (χ1v) is 7.13. The second-order valence-corrected chi connectivity index (χ2v) is 6.62. The van der Waals surface area contributed by atoms with E-state index in [1.165, 1.54) is 25.7 Å². The molecule has 2 unspecified atom stereocenters. The highest BCUT2D eigenvalue weighted by molar-refractivity contribution is 5.83. The molecular weight excluding hydrogens is 212 g/mol. The van der Waals surface area contributed by atoms with E-state index in [1.807, 2.05) is 0 Å². The van der Waals surface area contributed by atoms with Crippen LogP contribution >= 0.6 is 0 Å². The summed E-state index contributed by atoms with van der Waals surface area (Å²) in [4.78, 5) is 14.8. The molecule has 17 heavy (non-hydrogen) atoms. The van der Waals surface area contributed by atoms with Crippen molar-refractivity contribution in [3.63, 3.8) is 0 Å². The highest BCUT2D eigenvalue weighted by atomic mass is 16.2. The van der Waals surface area contributed by atoms with Gasteiger partial charge >= 0.3 is 0 Å². The third-order valence-corrected chi connectivity index (χ3v) is 5.01. The molecule has 1 heterocycles. The minimum absolute atomic E-state index is 0.00107. The monoisotopic (exact) mass is 236 g/mol. The van der Waals surface area contributed by atoms with Crippen molar-refractivity contribution in [3.8, 4) is 0 Å². The Hall–Kier alpha value is -0.570. The van der Waals surface area contributed by atoms with E-state index >= 15 is 0 Å². The van der Waals surface area contributed by atoms with Crippen molar-refractivity contribution >= 4 is 5.91 Å². The van der Waals surface area contributed by atoms with Gasteiger partial charge in [0, 0.05) is 31.1 Å². The molecule has 2 atom stereocenters. The van der Waals surface area contributed by atoms with Crippen molar-refractivity contribution in [2.24, 2.45) is 17.8 Å². The Labute approximate surface area is 104 Å². The van der Waals surface area contributed by atoms with Gasteiger partial charge in [0.15, 0.2) is 0 Å². The number of carbonyl (C=O) groups excluding carboxylic acids is 1. The van der Waals surface area contributed by atoms with E-state index in [0.29, 0.717) is 11.8 Å². The molecule has 2 aliphatic carbocycles. The summed E-state index contributed by atoms with van der Waals surface area (Å²) in [7, 11) is 0. The lowest BCUT2D eigenvalue weighted by Crippen LogP contribution is -2.60. The Morgan fingerprint density at radius 3 is 2.47 bits per heavy atom. The number of rotatable bonds is 1. The minimum atomic E-state index is 0.00107. The Bertz CT molecular complexity index is 314. The zero-order valence-electron chi connectivity index (χ0n) is 11.0. The highest BCUT2D eigenvalue weighted by Gasteiger charge is 2.57. The number of nitrogens with one attached hydrogen (secondary N) is 1. The van der Waals surface area contributed by atoms with Gasteiger partial charge < -0.3 is 10.2 Å². The Kier molecular flexibility index (Phi) is 2.69. The van der Waals surface area contributed by atoms with Gasteiger partial charge in [0.25, 0.3) is 0 Å². The van der Waals surface area contributed by atoms with Crippen LogP contribution in [0.25, 0.3) is 0 Å². The van der Waals surface area contributed by atoms with Crippen molar-refractivity contribution in [1.82, 2.24) is 10.2 Å². The molecule has 1 amide bonds. The molecule has 96 valence electrons. The fourth-order valence-electron chi connectivity index (χ4n) is 3.93. The lowest BCUT2D eigenvalue weighted by molar-refractivity contribution is -0.139. The van der Waals surface area contributed by atoms with Crippen LogP contribution < -0.4 is 5.32 Å². The van der Waals surface area contributed by atoms with Crippen LogP contribution in [0.3, 0.4) is 0 Å². The molecule has 1 N–H and O–H groups in total. The maximum atomic E-state index is 12.6. The summed E-state index contributed by atoms with van der Waals surface area (Å²) in [6.07, 6.45) is 5.28. The molecule has 0 radical (unpaired) electrons. The maximum Gasteiger partial charge on any atom is 0.226 e. The lowest BCUT2D eigenvalue weighted by atomic mass is 9.99. The highest BCUT2D eigenvalue weighted by Crippen LogP contribution is 2.56. The van der Waals surface area contributed by atoms with E-state index in [2.05, 4.69) is 24.1 Å². The number of amides is 1. The van der Waals surface area contributed by atoms with Crippen molar-refractivity contribution < 1.29 is 4.79 Å². The predicted octanol–water partition coefficient (Wildman–Crippen LogP) is 1.63. The standard InChI is InChI=1S/C14H24N2O/c1-14(2)9-15-7-8-16(14)13(17)12-10-5-3-4-6-11(10)12/h10-12,15H,3-9H2,1-2H3. The second-order valence-electron chi connectivity index (χ2n) is 6.62. The zero-order valence-corrected chi connectivity index (χ0v) is 11.0. The first-order chi connectivity index (χ1) is 8.11. The van der Waals surface area contributed by atoms with Crippen LogP contribution in [-0.4, -0.2) is 36.0 Å². The van der Waals surface area contributed by atoms with Crippen molar-refractivity contribution in [2.45, 2.75) is 45.1 Å². The van der Waals surface area contributed by atoms with Gasteiger partial charge in [-0.2, -0.15) is 0 Å². The molecule has 0 bridgehead atoms. The fourth-order valence-corrected chi connectivity index (χ4v) is 3.93. The molecule has 0 spiro atoms. The van der Waals surface area contributed by atoms with Crippen molar-refractivity contribution in [3.05, 3.63) is 0 Å². The third kappa shape index (κ3) is 1.88. The maximum absolute atomic E-state index is 12.6. The molecule has 3 aliphatic rings. The van der Waals surface area contributed by atoms with Gasteiger partial charge in [0.2, 0.25) is 5.91 Å². The summed E-state index contributed by atoms with van der Waals surface area (Å²) < 4.78 is 0. The summed E-state index contributed by atoms with van der Waals surface area (Å²) in [5.41, 5.74) is 0.00107. The lowest BCUT2D eigenvalue weighted by Gasteiger charge is -2.43. The average molecular weight is 236 g/mol. The van der Waals surface area contributed by atoms with Crippen LogP contribution in [0, 0.1) is 17.8 Å². The number of fused-ring (bicyclic) bond motifs is 1. The fraction of sp³-hybridized carbons (Fsp3) is 0.929. The smallest absolute Gasteiger partial charge is 0.226 e. The van der Waals surface area contributed by atoms with Crippen LogP contribution in [0.1, 0.15) is 39.5 Å².